The molecule has 2 heterocycles. The van der Waals surface area contributed by atoms with Crippen molar-refractivity contribution in [3.05, 3.63) is 200 Å². The highest BCUT2D eigenvalue weighted by molar-refractivity contribution is 7.25. The van der Waals surface area contributed by atoms with Crippen LogP contribution in [0.5, 0.6) is 0 Å². The largest absolute Gasteiger partial charge is 0.456 e. The molecule has 3 heteroatoms. The molecule has 0 amide bonds. The van der Waals surface area contributed by atoms with Crippen LogP contribution < -0.4 is 4.90 Å². The molecule has 0 bridgehead atoms. The Labute approximate surface area is 322 Å². The number of fused-ring (bicyclic) bond motifs is 7. The summed E-state index contributed by atoms with van der Waals surface area (Å²) in [6, 6.07) is 72.3. The van der Waals surface area contributed by atoms with Gasteiger partial charge >= 0.3 is 0 Å². The molecule has 0 unspecified atom stereocenters. The zero-order valence-corrected chi connectivity index (χ0v) is 30.6. The van der Waals surface area contributed by atoms with E-state index >= 15 is 0 Å². The summed E-state index contributed by atoms with van der Waals surface area (Å²) < 4.78 is 9.16. The Bertz CT molecular complexity index is 3210. The monoisotopic (exact) mass is 719 g/mol. The minimum absolute atomic E-state index is 0.871. The van der Waals surface area contributed by atoms with Crippen molar-refractivity contribution in [1.29, 1.82) is 0 Å². The predicted molar refractivity (Wildman–Crippen MR) is 235 cm³/mol. The van der Waals surface area contributed by atoms with E-state index in [1.807, 2.05) is 17.4 Å². The van der Waals surface area contributed by atoms with Crippen LogP contribution in [0.25, 0.3) is 86.3 Å². The van der Waals surface area contributed by atoms with Gasteiger partial charge in [-0.05, 0) is 93.7 Å². The van der Waals surface area contributed by atoms with Gasteiger partial charge in [0.1, 0.15) is 11.2 Å². The molecule has 0 spiro atoms. The molecule has 0 radical (unpaired) electrons. The van der Waals surface area contributed by atoms with E-state index in [2.05, 4.69) is 199 Å². The fourth-order valence-electron chi connectivity index (χ4n) is 8.28. The number of rotatable bonds is 6. The molecule has 0 N–H and O–H groups in total. The summed E-state index contributed by atoms with van der Waals surface area (Å²) >= 11 is 1.85. The summed E-state index contributed by atoms with van der Waals surface area (Å²) in [5.74, 6) is 0. The van der Waals surface area contributed by atoms with E-state index in [0.717, 1.165) is 55.7 Å². The van der Waals surface area contributed by atoms with Gasteiger partial charge in [-0.1, -0.05) is 140 Å². The summed E-state index contributed by atoms with van der Waals surface area (Å²) in [4.78, 5) is 2.45. The first-order chi connectivity index (χ1) is 27.3. The van der Waals surface area contributed by atoms with Crippen molar-refractivity contribution in [3.63, 3.8) is 0 Å². The number of nitrogens with zero attached hydrogens (tertiary/aromatic N) is 1. The fourth-order valence-corrected chi connectivity index (χ4v) is 9.36. The van der Waals surface area contributed by atoms with Crippen LogP contribution in [0.15, 0.2) is 205 Å². The maximum atomic E-state index is 6.56. The summed E-state index contributed by atoms with van der Waals surface area (Å²) in [5, 5.41) is 7.21. The molecule has 0 saturated heterocycles. The lowest BCUT2D eigenvalue weighted by Gasteiger charge is -2.30. The van der Waals surface area contributed by atoms with Gasteiger partial charge in [-0.2, -0.15) is 0 Å². The van der Waals surface area contributed by atoms with Gasteiger partial charge in [-0.15, -0.1) is 11.3 Å². The molecule has 2 aromatic heterocycles. The zero-order valence-electron chi connectivity index (χ0n) is 29.8. The van der Waals surface area contributed by atoms with Crippen LogP contribution in [0.1, 0.15) is 0 Å². The fraction of sp³-hybridized carbons (Fsp3) is 0. The number of thiophene rings is 1. The molecule has 0 aliphatic rings. The molecule has 11 rings (SSSR count). The van der Waals surface area contributed by atoms with Crippen LogP contribution in [-0.2, 0) is 0 Å². The van der Waals surface area contributed by atoms with Gasteiger partial charge < -0.3 is 9.32 Å². The molecule has 258 valence electrons. The van der Waals surface area contributed by atoms with E-state index in [1.165, 1.54) is 47.6 Å². The highest BCUT2D eigenvalue weighted by Crippen LogP contribution is 2.50. The van der Waals surface area contributed by atoms with E-state index in [1.54, 1.807) is 0 Å². The summed E-state index contributed by atoms with van der Waals surface area (Å²) in [6.07, 6.45) is 0. The number of furan rings is 1. The summed E-state index contributed by atoms with van der Waals surface area (Å²) in [7, 11) is 0. The minimum atomic E-state index is 0.871. The van der Waals surface area contributed by atoms with Crippen molar-refractivity contribution in [1.82, 2.24) is 0 Å². The summed E-state index contributed by atoms with van der Waals surface area (Å²) in [5.41, 5.74) is 12.0. The van der Waals surface area contributed by atoms with Crippen molar-refractivity contribution in [2.24, 2.45) is 0 Å². The predicted octanol–water partition coefficient (Wildman–Crippen LogP) is 15.6. The van der Waals surface area contributed by atoms with Gasteiger partial charge in [-0.25, -0.2) is 0 Å². The molecule has 9 aromatic carbocycles. The Hall–Kier alpha value is -6.94. The molecule has 2 nitrogen and oxygen atoms in total. The van der Waals surface area contributed by atoms with Crippen LogP contribution in [0.3, 0.4) is 0 Å². The SMILES string of the molecule is c1ccc(-c2ccc(N(c3ccccc3-c3ccc4sc5ccccc5c4c3)c3ccc4oc5ccccc5c4c3-c3ccc4ccccc4c3)cc2)cc1. The third-order valence-corrected chi connectivity index (χ3v) is 12.0. The van der Waals surface area contributed by atoms with Crippen molar-refractivity contribution in [2.75, 3.05) is 4.90 Å². The molecular weight excluding hydrogens is 687 g/mol. The number of benzene rings is 9. The number of hydrogen-bond donors (Lipinski definition) is 0. The highest BCUT2D eigenvalue weighted by atomic mass is 32.1. The molecular formula is C52H33NOS. The lowest BCUT2D eigenvalue weighted by atomic mass is 9.93. The van der Waals surface area contributed by atoms with Crippen LogP contribution >= 0.6 is 11.3 Å². The number of para-hydroxylation sites is 2. The molecule has 0 saturated carbocycles. The Morgan fingerprint density at radius 2 is 1.05 bits per heavy atom. The van der Waals surface area contributed by atoms with Crippen LogP contribution in [0.4, 0.5) is 17.1 Å². The third-order valence-electron chi connectivity index (χ3n) is 10.9. The van der Waals surface area contributed by atoms with E-state index in [0.29, 0.717) is 0 Å². The van der Waals surface area contributed by atoms with E-state index in [9.17, 15) is 0 Å². The van der Waals surface area contributed by atoms with Crippen LogP contribution in [-0.4, -0.2) is 0 Å². The molecule has 0 atom stereocenters. The standard InChI is InChI=1S/C52H33NOS/c1-2-12-34(13-3-1)36-24-27-40(28-25-36)53(45-19-9-6-16-41(45)38-26-31-50-44(33-38)42-17-8-11-21-49(42)55-50)46-29-30-48-52(43-18-7-10-20-47(43)54-48)51(46)39-23-22-35-14-4-5-15-37(35)32-39/h1-33H. The van der Waals surface area contributed by atoms with Crippen molar-refractivity contribution in [3.8, 4) is 33.4 Å². The van der Waals surface area contributed by atoms with Gasteiger partial charge in [0.05, 0.1) is 11.4 Å². The van der Waals surface area contributed by atoms with Crippen LogP contribution in [0, 0.1) is 0 Å². The highest BCUT2D eigenvalue weighted by Gasteiger charge is 2.25. The summed E-state index contributed by atoms with van der Waals surface area (Å²) in [6.45, 7) is 0. The third kappa shape index (κ3) is 5.32. The van der Waals surface area contributed by atoms with Crippen LogP contribution in [0.2, 0.25) is 0 Å². The smallest absolute Gasteiger partial charge is 0.136 e. The quantitative estimate of drug-likeness (QED) is 0.170. The number of hydrogen-bond acceptors (Lipinski definition) is 3. The second-order valence-corrected chi connectivity index (χ2v) is 15.2. The van der Waals surface area contributed by atoms with Crippen molar-refractivity contribution < 1.29 is 4.42 Å². The van der Waals surface area contributed by atoms with Gasteiger partial charge in [0.2, 0.25) is 0 Å². The Morgan fingerprint density at radius 3 is 1.95 bits per heavy atom. The Kier molecular flexibility index (Phi) is 7.39. The first-order valence-electron chi connectivity index (χ1n) is 18.7. The maximum absolute atomic E-state index is 6.56. The second kappa shape index (κ2) is 12.9. The Morgan fingerprint density at radius 1 is 0.382 bits per heavy atom. The minimum Gasteiger partial charge on any atom is -0.456 e. The zero-order chi connectivity index (χ0) is 36.3. The second-order valence-electron chi connectivity index (χ2n) is 14.1. The average molecular weight is 720 g/mol. The van der Waals surface area contributed by atoms with Crippen molar-refractivity contribution >= 4 is 81.3 Å². The first-order valence-corrected chi connectivity index (χ1v) is 19.5. The average Bonchev–Trinajstić information content (AvgIpc) is 3.82. The lowest BCUT2D eigenvalue weighted by Crippen LogP contribution is -2.12. The van der Waals surface area contributed by atoms with Gasteiger partial charge in [-0.3, -0.25) is 0 Å². The maximum Gasteiger partial charge on any atom is 0.136 e. The van der Waals surface area contributed by atoms with Gasteiger partial charge in [0, 0.05) is 47.8 Å². The first kappa shape index (κ1) is 31.6. The molecule has 0 fully saturated rings. The lowest BCUT2D eigenvalue weighted by molar-refractivity contribution is 0.669. The molecule has 55 heavy (non-hydrogen) atoms. The Balaban J connectivity index is 1.20. The van der Waals surface area contributed by atoms with Gasteiger partial charge in [0.15, 0.2) is 0 Å². The molecule has 11 aromatic rings. The number of anilines is 3. The van der Waals surface area contributed by atoms with E-state index < -0.39 is 0 Å². The molecule has 0 aliphatic carbocycles. The van der Waals surface area contributed by atoms with Crippen molar-refractivity contribution in [2.45, 2.75) is 0 Å². The molecule has 0 aliphatic heterocycles. The normalized spacial score (nSPS) is 11.6. The van der Waals surface area contributed by atoms with E-state index in [4.69, 9.17) is 4.42 Å². The topological polar surface area (TPSA) is 16.4 Å². The van der Waals surface area contributed by atoms with Gasteiger partial charge in [0.25, 0.3) is 0 Å². The van der Waals surface area contributed by atoms with E-state index in [-0.39, 0.29) is 0 Å².